The molecule has 0 aliphatic carbocycles. The Morgan fingerprint density at radius 2 is 1.41 bits per heavy atom. The first kappa shape index (κ1) is 12.4. The Hall–Kier alpha value is -1.09. The molecule has 0 heterocycles. The van der Waals surface area contributed by atoms with Gasteiger partial charge in [0.25, 0.3) is 0 Å². The fourth-order valence-electron chi connectivity index (χ4n) is 1.20. The van der Waals surface area contributed by atoms with Gasteiger partial charge in [0.1, 0.15) is 0 Å². The summed E-state index contributed by atoms with van der Waals surface area (Å²) in [6, 6.07) is 12.2. The van der Waals surface area contributed by atoms with Crippen molar-refractivity contribution in [3.63, 3.8) is 0 Å². The predicted octanol–water partition coefficient (Wildman–Crippen LogP) is 6.06. The third-order valence-corrected chi connectivity index (χ3v) is 2.97. The molecule has 0 fully saturated rings. The van der Waals surface area contributed by atoms with E-state index in [4.69, 9.17) is 34.8 Å². The Balaban J connectivity index is 2.23. The number of nitrogens with zero attached hydrogens (tertiary/aromatic N) is 2. The normalized spacial score (nSPS) is 11.0. The minimum atomic E-state index is 0.453. The Labute approximate surface area is 114 Å². The van der Waals surface area contributed by atoms with Crippen molar-refractivity contribution < 1.29 is 0 Å². The molecule has 0 N–H and O–H groups in total. The van der Waals surface area contributed by atoms with Gasteiger partial charge in [-0.3, -0.25) is 0 Å². The highest BCUT2D eigenvalue weighted by Gasteiger charge is 1.98. The van der Waals surface area contributed by atoms with Gasteiger partial charge in [-0.15, -0.1) is 0 Å². The van der Waals surface area contributed by atoms with E-state index in [-0.39, 0.29) is 0 Å². The SMILES string of the molecule is Clc1cccc(N=Nc2ccc(Cl)c(Cl)c2)c1. The van der Waals surface area contributed by atoms with E-state index in [0.29, 0.717) is 26.4 Å². The molecule has 0 aromatic heterocycles. The third-order valence-electron chi connectivity index (χ3n) is 1.99. The van der Waals surface area contributed by atoms with Crippen molar-refractivity contribution in [1.82, 2.24) is 0 Å². The van der Waals surface area contributed by atoms with Gasteiger partial charge in [0.2, 0.25) is 0 Å². The summed E-state index contributed by atoms with van der Waals surface area (Å²) in [5.74, 6) is 0. The smallest absolute Gasteiger partial charge is 0.0872 e. The standard InChI is InChI=1S/C12H7Cl3N2/c13-8-2-1-3-9(6-8)16-17-10-4-5-11(14)12(15)7-10/h1-7H. The second-order valence-electron chi connectivity index (χ2n) is 3.28. The van der Waals surface area contributed by atoms with Crippen molar-refractivity contribution in [2.75, 3.05) is 0 Å². The Kier molecular flexibility index (Phi) is 4.00. The van der Waals surface area contributed by atoms with E-state index < -0.39 is 0 Å². The van der Waals surface area contributed by atoms with Crippen LogP contribution in [-0.4, -0.2) is 0 Å². The quantitative estimate of drug-likeness (QED) is 0.599. The summed E-state index contributed by atoms with van der Waals surface area (Å²) in [5, 5.41) is 9.66. The maximum atomic E-state index is 5.87. The molecule has 0 saturated carbocycles. The topological polar surface area (TPSA) is 24.7 Å². The zero-order valence-electron chi connectivity index (χ0n) is 8.57. The van der Waals surface area contributed by atoms with Crippen molar-refractivity contribution >= 4 is 46.2 Å². The lowest BCUT2D eigenvalue weighted by Gasteiger charge is -1.97. The van der Waals surface area contributed by atoms with Crippen LogP contribution in [0.2, 0.25) is 15.1 Å². The van der Waals surface area contributed by atoms with Crippen molar-refractivity contribution in [3.8, 4) is 0 Å². The first-order valence-corrected chi connectivity index (χ1v) is 5.91. The van der Waals surface area contributed by atoms with Crippen LogP contribution in [0.1, 0.15) is 0 Å². The van der Waals surface area contributed by atoms with Crippen molar-refractivity contribution in [2.45, 2.75) is 0 Å². The van der Waals surface area contributed by atoms with Crippen LogP contribution in [0, 0.1) is 0 Å². The van der Waals surface area contributed by atoms with Crippen molar-refractivity contribution in [1.29, 1.82) is 0 Å². The second-order valence-corrected chi connectivity index (χ2v) is 4.53. The molecule has 0 unspecified atom stereocenters. The van der Waals surface area contributed by atoms with Crippen LogP contribution in [0.25, 0.3) is 0 Å². The average Bonchev–Trinajstić information content (AvgIpc) is 2.31. The van der Waals surface area contributed by atoms with Crippen LogP contribution in [0.4, 0.5) is 11.4 Å². The first-order chi connectivity index (χ1) is 8.15. The summed E-state index contributed by atoms with van der Waals surface area (Å²) in [4.78, 5) is 0. The van der Waals surface area contributed by atoms with E-state index >= 15 is 0 Å². The maximum Gasteiger partial charge on any atom is 0.0872 e. The molecule has 0 saturated heterocycles. The van der Waals surface area contributed by atoms with Crippen LogP contribution >= 0.6 is 34.8 Å². The number of benzene rings is 2. The highest BCUT2D eigenvalue weighted by Crippen LogP contribution is 2.28. The first-order valence-electron chi connectivity index (χ1n) is 4.77. The molecule has 5 heteroatoms. The Bertz CT molecular complexity index is 567. The molecular formula is C12H7Cl3N2. The summed E-state index contributed by atoms with van der Waals surface area (Å²) in [7, 11) is 0. The molecule has 0 aliphatic rings. The summed E-state index contributed by atoms with van der Waals surface area (Å²) in [6.45, 7) is 0. The van der Waals surface area contributed by atoms with E-state index in [0.717, 1.165) is 0 Å². The number of azo groups is 1. The van der Waals surface area contributed by atoms with Crippen molar-refractivity contribution in [2.24, 2.45) is 10.2 Å². The molecule has 0 spiro atoms. The summed E-state index contributed by atoms with van der Waals surface area (Å²) in [5.41, 5.74) is 1.32. The van der Waals surface area contributed by atoms with Gasteiger partial charge in [0.15, 0.2) is 0 Å². The molecule has 17 heavy (non-hydrogen) atoms. The van der Waals surface area contributed by atoms with E-state index in [1.54, 1.807) is 30.3 Å². The number of rotatable bonds is 2. The lowest BCUT2D eigenvalue weighted by molar-refractivity contribution is 1.23. The third kappa shape index (κ3) is 3.43. The van der Waals surface area contributed by atoms with Crippen LogP contribution in [-0.2, 0) is 0 Å². The summed E-state index contributed by atoms with van der Waals surface area (Å²) >= 11 is 17.5. The van der Waals surface area contributed by atoms with Crippen LogP contribution in [0.15, 0.2) is 52.7 Å². The molecule has 0 bridgehead atoms. The van der Waals surface area contributed by atoms with Gasteiger partial charge >= 0.3 is 0 Å². The molecule has 2 rings (SSSR count). The second kappa shape index (κ2) is 5.50. The molecular weight excluding hydrogens is 279 g/mol. The molecule has 2 aromatic rings. The van der Waals surface area contributed by atoms with Gasteiger partial charge in [-0.25, -0.2) is 0 Å². The number of hydrogen-bond donors (Lipinski definition) is 0. The highest BCUT2D eigenvalue weighted by atomic mass is 35.5. The lowest BCUT2D eigenvalue weighted by Crippen LogP contribution is -1.68. The number of halogens is 3. The Morgan fingerprint density at radius 3 is 2.06 bits per heavy atom. The van der Waals surface area contributed by atoms with Crippen LogP contribution in [0.5, 0.6) is 0 Å². The minimum absolute atomic E-state index is 0.453. The van der Waals surface area contributed by atoms with Gasteiger partial charge < -0.3 is 0 Å². The monoisotopic (exact) mass is 284 g/mol. The van der Waals surface area contributed by atoms with Gasteiger partial charge in [0.05, 0.1) is 21.4 Å². The number of hydrogen-bond acceptors (Lipinski definition) is 2. The van der Waals surface area contributed by atoms with E-state index in [1.807, 2.05) is 12.1 Å². The van der Waals surface area contributed by atoms with E-state index in [1.165, 1.54) is 0 Å². The maximum absolute atomic E-state index is 5.87. The van der Waals surface area contributed by atoms with E-state index in [2.05, 4.69) is 10.2 Å². The molecule has 2 nitrogen and oxygen atoms in total. The van der Waals surface area contributed by atoms with Crippen LogP contribution in [0.3, 0.4) is 0 Å². The predicted molar refractivity (Wildman–Crippen MR) is 72.1 cm³/mol. The molecule has 0 amide bonds. The molecule has 0 radical (unpaired) electrons. The molecule has 0 atom stereocenters. The zero-order valence-corrected chi connectivity index (χ0v) is 10.8. The average molecular weight is 286 g/mol. The zero-order chi connectivity index (χ0) is 12.3. The largest absolute Gasteiger partial charge is 0.151 e. The molecule has 2 aromatic carbocycles. The fourth-order valence-corrected chi connectivity index (χ4v) is 1.68. The fraction of sp³-hybridized carbons (Fsp3) is 0. The summed E-state index contributed by atoms with van der Waals surface area (Å²) in [6.07, 6.45) is 0. The highest BCUT2D eigenvalue weighted by molar-refractivity contribution is 6.42. The van der Waals surface area contributed by atoms with Gasteiger partial charge in [-0.1, -0.05) is 40.9 Å². The summed E-state index contributed by atoms with van der Waals surface area (Å²) < 4.78 is 0. The van der Waals surface area contributed by atoms with Gasteiger partial charge in [0, 0.05) is 5.02 Å². The lowest BCUT2D eigenvalue weighted by atomic mass is 10.3. The Morgan fingerprint density at radius 1 is 0.706 bits per heavy atom. The van der Waals surface area contributed by atoms with Crippen molar-refractivity contribution in [3.05, 3.63) is 57.5 Å². The molecule has 0 aliphatic heterocycles. The molecule has 86 valence electrons. The van der Waals surface area contributed by atoms with Gasteiger partial charge in [-0.2, -0.15) is 10.2 Å². The van der Waals surface area contributed by atoms with Gasteiger partial charge in [-0.05, 0) is 36.4 Å². The van der Waals surface area contributed by atoms with Crippen LogP contribution < -0.4 is 0 Å². The van der Waals surface area contributed by atoms with E-state index in [9.17, 15) is 0 Å². The minimum Gasteiger partial charge on any atom is -0.151 e.